The zero-order valence-electron chi connectivity index (χ0n) is 13.4. The molecule has 1 aliphatic carbocycles. The lowest BCUT2D eigenvalue weighted by molar-refractivity contribution is -0.147. The minimum atomic E-state index is -0.848. The van der Waals surface area contributed by atoms with Gasteiger partial charge in [0.2, 0.25) is 5.91 Å². The van der Waals surface area contributed by atoms with E-state index in [1.165, 1.54) is 0 Å². The summed E-state index contributed by atoms with van der Waals surface area (Å²) in [5, 5.41) is 12.4. The largest absolute Gasteiger partial charge is 0.481 e. The van der Waals surface area contributed by atoms with Crippen molar-refractivity contribution in [2.24, 2.45) is 11.8 Å². The summed E-state index contributed by atoms with van der Waals surface area (Å²) in [7, 11) is 0. The third-order valence-corrected chi connectivity index (χ3v) is 4.67. The molecule has 120 valence electrons. The molecule has 22 heavy (non-hydrogen) atoms. The van der Waals surface area contributed by atoms with Crippen LogP contribution in [-0.2, 0) is 22.4 Å². The van der Waals surface area contributed by atoms with Crippen LogP contribution in [0.4, 0.5) is 5.69 Å². The Hall–Kier alpha value is -1.84. The highest BCUT2D eigenvalue weighted by Crippen LogP contribution is 2.32. The highest BCUT2D eigenvalue weighted by molar-refractivity contribution is 5.96. The van der Waals surface area contributed by atoms with Gasteiger partial charge in [-0.15, -0.1) is 0 Å². The van der Waals surface area contributed by atoms with E-state index in [2.05, 4.69) is 19.2 Å². The van der Waals surface area contributed by atoms with Crippen molar-refractivity contribution in [1.29, 1.82) is 0 Å². The van der Waals surface area contributed by atoms with E-state index in [1.54, 1.807) is 0 Å². The number of carbonyl (C=O) groups is 2. The topological polar surface area (TPSA) is 66.4 Å². The van der Waals surface area contributed by atoms with E-state index in [0.29, 0.717) is 12.8 Å². The van der Waals surface area contributed by atoms with Crippen LogP contribution in [0.2, 0.25) is 0 Å². The lowest BCUT2D eigenvalue weighted by Gasteiger charge is -2.28. The minimum absolute atomic E-state index is 0.136. The zero-order valence-corrected chi connectivity index (χ0v) is 13.4. The molecule has 4 nitrogen and oxygen atoms in total. The Morgan fingerprint density at radius 3 is 2.14 bits per heavy atom. The smallest absolute Gasteiger partial charge is 0.307 e. The first kappa shape index (κ1) is 16.5. The summed E-state index contributed by atoms with van der Waals surface area (Å²) in [5.74, 6) is -1.95. The molecule has 1 fully saturated rings. The summed E-state index contributed by atoms with van der Waals surface area (Å²) in [6.45, 7) is 4.12. The van der Waals surface area contributed by atoms with E-state index in [1.807, 2.05) is 18.2 Å². The first-order chi connectivity index (χ1) is 10.6. The third kappa shape index (κ3) is 3.49. The summed E-state index contributed by atoms with van der Waals surface area (Å²) in [6, 6.07) is 6.04. The highest BCUT2D eigenvalue weighted by atomic mass is 16.4. The molecule has 2 N–H and O–H groups in total. The van der Waals surface area contributed by atoms with Crippen molar-refractivity contribution < 1.29 is 14.7 Å². The van der Waals surface area contributed by atoms with Crippen molar-refractivity contribution in [3.63, 3.8) is 0 Å². The first-order valence-corrected chi connectivity index (χ1v) is 8.22. The third-order valence-electron chi connectivity index (χ3n) is 4.67. The normalized spacial score (nSPS) is 21.4. The molecule has 1 aromatic rings. The number of carboxylic acids is 1. The minimum Gasteiger partial charge on any atom is -0.481 e. The number of rotatable bonds is 5. The number of anilines is 1. The number of amides is 1. The summed E-state index contributed by atoms with van der Waals surface area (Å²) in [6.07, 6.45) is 4.78. The van der Waals surface area contributed by atoms with Crippen LogP contribution in [-0.4, -0.2) is 17.0 Å². The first-order valence-electron chi connectivity index (χ1n) is 8.22. The highest BCUT2D eigenvalue weighted by Gasteiger charge is 2.35. The molecule has 0 aromatic heterocycles. The van der Waals surface area contributed by atoms with Crippen LogP contribution < -0.4 is 5.32 Å². The molecule has 1 amide bonds. The van der Waals surface area contributed by atoms with E-state index >= 15 is 0 Å². The van der Waals surface area contributed by atoms with Crippen molar-refractivity contribution in [3.05, 3.63) is 29.3 Å². The van der Waals surface area contributed by atoms with Crippen molar-refractivity contribution >= 4 is 17.6 Å². The molecule has 4 heteroatoms. The number of aryl methyl sites for hydroxylation is 2. The van der Waals surface area contributed by atoms with Gasteiger partial charge in [0.05, 0.1) is 11.8 Å². The zero-order chi connectivity index (χ0) is 16.1. The lowest BCUT2D eigenvalue weighted by Crippen LogP contribution is -2.36. The maximum absolute atomic E-state index is 12.6. The molecule has 0 saturated heterocycles. The molecule has 0 radical (unpaired) electrons. The Morgan fingerprint density at radius 1 is 1.09 bits per heavy atom. The van der Waals surface area contributed by atoms with Gasteiger partial charge in [0.1, 0.15) is 0 Å². The van der Waals surface area contributed by atoms with Gasteiger partial charge < -0.3 is 10.4 Å². The number of hydrogen-bond donors (Lipinski definition) is 2. The van der Waals surface area contributed by atoms with Gasteiger partial charge >= 0.3 is 5.97 Å². The van der Waals surface area contributed by atoms with Crippen LogP contribution >= 0.6 is 0 Å². The van der Waals surface area contributed by atoms with Crippen LogP contribution in [0.1, 0.15) is 50.7 Å². The molecule has 1 saturated carbocycles. The fraction of sp³-hybridized carbons (Fsp3) is 0.556. The van der Waals surface area contributed by atoms with Gasteiger partial charge in [0, 0.05) is 5.69 Å². The predicted molar refractivity (Wildman–Crippen MR) is 86.9 cm³/mol. The Balaban J connectivity index is 2.22. The number of nitrogens with one attached hydrogen (secondary N) is 1. The predicted octanol–water partition coefficient (Wildman–Crippen LogP) is 3.64. The number of carbonyl (C=O) groups excluding carboxylic acids is 1. The van der Waals surface area contributed by atoms with Gasteiger partial charge in [-0.25, -0.2) is 0 Å². The van der Waals surface area contributed by atoms with Crippen LogP contribution in [0.25, 0.3) is 0 Å². The van der Waals surface area contributed by atoms with Crippen LogP contribution in [0, 0.1) is 11.8 Å². The average Bonchev–Trinajstić information content (AvgIpc) is 2.54. The van der Waals surface area contributed by atoms with Gasteiger partial charge in [0.25, 0.3) is 0 Å². The summed E-state index contributed by atoms with van der Waals surface area (Å²) >= 11 is 0. The molecule has 0 bridgehead atoms. The summed E-state index contributed by atoms with van der Waals surface area (Å²) in [5.41, 5.74) is 3.10. The molecule has 0 spiro atoms. The number of benzene rings is 1. The molecule has 0 aliphatic heterocycles. The lowest BCUT2D eigenvalue weighted by atomic mass is 9.78. The summed E-state index contributed by atoms with van der Waals surface area (Å²) < 4.78 is 0. The Bertz CT molecular complexity index is 531. The van der Waals surface area contributed by atoms with Crippen LogP contribution in [0.5, 0.6) is 0 Å². The maximum Gasteiger partial charge on any atom is 0.307 e. The number of para-hydroxylation sites is 1. The fourth-order valence-corrected chi connectivity index (χ4v) is 3.36. The quantitative estimate of drug-likeness (QED) is 0.872. The number of carboxylic acid groups (broad SMARTS) is 1. The molecule has 1 aliphatic rings. The van der Waals surface area contributed by atoms with Crippen molar-refractivity contribution in [2.45, 2.75) is 52.4 Å². The van der Waals surface area contributed by atoms with Crippen molar-refractivity contribution in [1.82, 2.24) is 0 Å². The van der Waals surface area contributed by atoms with Gasteiger partial charge in [-0.3, -0.25) is 9.59 Å². The molecular formula is C18H25NO3. The standard InChI is InChI=1S/C18H25NO3/c1-3-12-8-7-9-13(4-2)16(12)19-17(20)14-10-5-6-11-15(14)18(21)22/h7-9,14-15H,3-6,10-11H2,1-2H3,(H,19,20)(H,21,22)/t14-,15+/m1/s1. The van der Waals surface area contributed by atoms with E-state index < -0.39 is 17.8 Å². The van der Waals surface area contributed by atoms with Crippen LogP contribution in [0.15, 0.2) is 18.2 Å². The molecule has 0 heterocycles. The second kappa shape index (κ2) is 7.43. The van der Waals surface area contributed by atoms with E-state index in [-0.39, 0.29) is 5.91 Å². The van der Waals surface area contributed by atoms with Crippen LogP contribution in [0.3, 0.4) is 0 Å². The van der Waals surface area contributed by atoms with Crippen molar-refractivity contribution in [3.8, 4) is 0 Å². The molecule has 0 unspecified atom stereocenters. The number of aliphatic carboxylic acids is 1. The Labute approximate surface area is 131 Å². The molecule has 1 aromatic carbocycles. The van der Waals surface area contributed by atoms with Gasteiger partial charge in [-0.2, -0.15) is 0 Å². The van der Waals surface area contributed by atoms with Gasteiger partial charge in [-0.1, -0.05) is 44.9 Å². The SMILES string of the molecule is CCc1cccc(CC)c1NC(=O)[C@@H]1CCCC[C@@H]1C(=O)O. The second-order valence-corrected chi connectivity index (χ2v) is 5.98. The molecule has 2 rings (SSSR count). The Kier molecular flexibility index (Phi) is 5.58. The van der Waals surface area contributed by atoms with Gasteiger partial charge in [-0.05, 0) is 36.8 Å². The summed E-state index contributed by atoms with van der Waals surface area (Å²) in [4.78, 5) is 24.0. The van der Waals surface area contributed by atoms with Crippen molar-refractivity contribution in [2.75, 3.05) is 5.32 Å². The maximum atomic E-state index is 12.6. The monoisotopic (exact) mass is 303 g/mol. The van der Waals surface area contributed by atoms with Gasteiger partial charge in [0.15, 0.2) is 0 Å². The van der Waals surface area contributed by atoms with E-state index in [4.69, 9.17) is 0 Å². The average molecular weight is 303 g/mol. The number of hydrogen-bond acceptors (Lipinski definition) is 2. The Morgan fingerprint density at radius 2 is 1.64 bits per heavy atom. The molecular weight excluding hydrogens is 278 g/mol. The molecule has 2 atom stereocenters. The fourth-order valence-electron chi connectivity index (χ4n) is 3.36. The van der Waals surface area contributed by atoms with E-state index in [0.717, 1.165) is 42.5 Å². The second-order valence-electron chi connectivity index (χ2n) is 5.98. The van der Waals surface area contributed by atoms with E-state index in [9.17, 15) is 14.7 Å².